The first-order chi connectivity index (χ1) is 7.09. The van der Waals surface area contributed by atoms with Gasteiger partial charge in [0.25, 0.3) is 0 Å². The molecule has 0 aliphatic rings. The maximum absolute atomic E-state index is 7.17. The van der Waals surface area contributed by atoms with Crippen molar-refractivity contribution in [1.82, 2.24) is 0 Å². The summed E-state index contributed by atoms with van der Waals surface area (Å²) in [6, 6.07) is 14.6. The second-order valence-corrected chi connectivity index (χ2v) is 3.75. The zero-order chi connectivity index (χ0) is 11.3. The van der Waals surface area contributed by atoms with E-state index in [4.69, 9.17) is 15.1 Å². The van der Waals surface area contributed by atoms with Crippen LogP contribution in [0.4, 0.5) is 0 Å². The molecule has 0 aliphatic heterocycles. The Hall–Kier alpha value is -0.875. The lowest BCUT2D eigenvalue weighted by Gasteiger charge is -1.95. The molecule has 2 aromatic carbocycles. The Morgan fingerprint density at radius 2 is 1.40 bits per heavy atom. The third kappa shape index (κ3) is 4.44. The third-order valence-electron chi connectivity index (χ3n) is 1.71. The lowest BCUT2D eigenvalue weighted by atomic mass is 10.1. The molecule has 0 fully saturated rings. The van der Waals surface area contributed by atoms with Crippen molar-refractivity contribution in [2.24, 2.45) is 0 Å². The standard InChI is InChI=1S/C10H7Br.BH3O3/c11-10-6-5-8-3-1-2-4-9(8)7-10;2-1(3)4/h1-7H;2-4H. The fraction of sp³-hybridized carbons (Fsp3) is 0. The Morgan fingerprint density at radius 1 is 0.867 bits per heavy atom. The summed E-state index contributed by atoms with van der Waals surface area (Å²) in [7, 11) is -2.17. The Morgan fingerprint density at radius 3 is 2.00 bits per heavy atom. The van der Waals surface area contributed by atoms with Gasteiger partial charge in [0.1, 0.15) is 0 Å². The van der Waals surface area contributed by atoms with Crippen LogP contribution in [0.25, 0.3) is 10.8 Å². The summed E-state index contributed by atoms with van der Waals surface area (Å²) in [6.07, 6.45) is 0. The van der Waals surface area contributed by atoms with Crippen LogP contribution in [0.2, 0.25) is 0 Å². The summed E-state index contributed by atoms with van der Waals surface area (Å²) in [5.74, 6) is 0. The molecule has 0 heterocycles. The van der Waals surface area contributed by atoms with Crippen LogP contribution < -0.4 is 0 Å². The zero-order valence-corrected chi connectivity index (χ0v) is 9.42. The predicted octanol–water partition coefficient (Wildman–Crippen LogP) is 1.55. The van der Waals surface area contributed by atoms with Crippen molar-refractivity contribution in [2.45, 2.75) is 0 Å². The summed E-state index contributed by atoms with van der Waals surface area (Å²) in [4.78, 5) is 0. The van der Waals surface area contributed by atoms with Gasteiger partial charge in [0.05, 0.1) is 0 Å². The van der Waals surface area contributed by atoms with Crippen molar-refractivity contribution < 1.29 is 15.1 Å². The molecule has 0 aromatic heterocycles. The van der Waals surface area contributed by atoms with Gasteiger partial charge in [0.2, 0.25) is 0 Å². The maximum atomic E-state index is 7.17. The number of fused-ring (bicyclic) bond motifs is 1. The summed E-state index contributed by atoms with van der Waals surface area (Å²) >= 11 is 3.43. The monoisotopic (exact) mass is 268 g/mol. The van der Waals surface area contributed by atoms with Gasteiger partial charge in [-0.05, 0) is 22.9 Å². The van der Waals surface area contributed by atoms with Gasteiger partial charge in [-0.15, -0.1) is 0 Å². The van der Waals surface area contributed by atoms with Gasteiger partial charge in [0, 0.05) is 4.47 Å². The number of rotatable bonds is 0. The van der Waals surface area contributed by atoms with Crippen molar-refractivity contribution in [3.8, 4) is 0 Å². The van der Waals surface area contributed by atoms with E-state index in [1.807, 2.05) is 0 Å². The maximum Gasteiger partial charge on any atom is 0.631 e. The SMILES string of the molecule is Brc1ccc2ccccc2c1.OB(O)O. The first-order valence-corrected chi connectivity index (χ1v) is 5.07. The summed E-state index contributed by atoms with van der Waals surface area (Å²) < 4.78 is 1.14. The Bertz CT molecular complexity index is 431. The molecule has 0 spiro atoms. The van der Waals surface area contributed by atoms with E-state index in [1.54, 1.807) is 0 Å². The number of hydrogen-bond acceptors (Lipinski definition) is 3. The fourth-order valence-electron chi connectivity index (χ4n) is 1.16. The minimum absolute atomic E-state index is 1.14. The van der Waals surface area contributed by atoms with E-state index in [2.05, 4.69) is 58.4 Å². The number of benzene rings is 2. The van der Waals surface area contributed by atoms with Crippen molar-refractivity contribution >= 4 is 34.0 Å². The quantitative estimate of drug-likeness (QED) is 0.636. The molecule has 0 unspecified atom stereocenters. The van der Waals surface area contributed by atoms with Crippen LogP contribution in [-0.4, -0.2) is 22.4 Å². The average Bonchev–Trinajstić information content (AvgIpc) is 2.16. The zero-order valence-electron chi connectivity index (χ0n) is 7.84. The van der Waals surface area contributed by atoms with Gasteiger partial charge in [-0.1, -0.05) is 46.3 Å². The van der Waals surface area contributed by atoms with Crippen LogP contribution in [0.3, 0.4) is 0 Å². The van der Waals surface area contributed by atoms with E-state index in [9.17, 15) is 0 Å². The molecule has 0 saturated heterocycles. The molecule has 5 heteroatoms. The van der Waals surface area contributed by atoms with E-state index in [1.165, 1.54) is 10.8 Å². The molecule has 3 N–H and O–H groups in total. The smallest absolute Gasteiger partial charge is 0.402 e. The van der Waals surface area contributed by atoms with E-state index in [0.717, 1.165) is 4.47 Å². The van der Waals surface area contributed by atoms with Gasteiger partial charge in [0.15, 0.2) is 0 Å². The molecule has 3 nitrogen and oxygen atoms in total. The minimum Gasteiger partial charge on any atom is -0.402 e. The highest BCUT2D eigenvalue weighted by atomic mass is 79.9. The van der Waals surface area contributed by atoms with Gasteiger partial charge in [-0.3, -0.25) is 0 Å². The largest absolute Gasteiger partial charge is 0.631 e. The normalized spacial score (nSPS) is 9.33. The van der Waals surface area contributed by atoms with Crippen LogP contribution in [0.5, 0.6) is 0 Å². The topological polar surface area (TPSA) is 60.7 Å². The Kier molecular flexibility index (Phi) is 4.78. The Balaban J connectivity index is 0.000000245. The second-order valence-electron chi connectivity index (χ2n) is 2.84. The molecule has 2 rings (SSSR count). The lowest BCUT2D eigenvalue weighted by Crippen LogP contribution is -2.07. The predicted molar refractivity (Wildman–Crippen MR) is 64.1 cm³/mol. The van der Waals surface area contributed by atoms with Crippen LogP contribution in [0.15, 0.2) is 46.9 Å². The highest BCUT2D eigenvalue weighted by Crippen LogP contribution is 2.18. The van der Waals surface area contributed by atoms with E-state index < -0.39 is 7.32 Å². The molecule has 0 amide bonds. The molecule has 0 atom stereocenters. The van der Waals surface area contributed by atoms with Crippen molar-refractivity contribution in [3.05, 3.63) is 46.9 Å². The first kappa shape index (κ1) is 12.2. The van der Waals surface area contributed by atoms with Crippen molar-refractivity contribution in [3.63, 3.8) is 0 Å². The third-order valence-corrected chi connectivity index (χ3v) is 2.20. The van der Waals surface area contributed by atoms with Crippen LogP contribution in [-0.2, 0) is 0 Å². The van der Waals surface area contributed by atoms with Gasteiger partial charge in [-0.25, -0.2) is 0 Å². The molecule has 78 valence electrons. The van der Waals surface area contributed by atoms with Crippen molar-refractivity contribution in [1.29, 1.82) is 0 Å². The van der Waals surface area contributed by atoms with Gasteiger partial charge in [-0.2, -0.15) is 0 Å². The molecule has 0 bridgehead atoms. The van der Waals surface area contributed by atoms with E-state index in [0.29, 0.717) is 0 Å². The van der Waals surface area contributed by atoms with E-state index >= 15 is 0 Å². The average molecular weight is 269 g/mol. The van der Waals surface area contributed by atoms with Crippen molar-refractivity contribution in [2.75, 3.05) is 0 Å². The molecular formula is C10H10BBrO3. The fourth-order valence-corrected chi connectivity index (χ4v) is 1.54. The highest BCUT2D eigenvalue weighted by molar-refractivity contribution is 9.10. The summed E-state index contributed by atoms with van der Waals surface area (Å²) in [6.45, 7) is 0. The lowest BCUT2D eigenvalue weighted by molar-refractivity contribution is 0.278. The van der Waals surface area contributed by atoms with Crippen LogP contribution in [0, 0.1) is 0 Å². The number of hydrogen-bond donors (Lipinski definition) is 3. The highest BCUT2D eigenvalue weighted by Gasteiger charge is 1.92. The van der Waals surface area contributed by atoms with Gasteiger partial charge >= 0.3 is 7.32 Å². The Labute approximate surface area is 96.3 Å². The van der Waals surface area contributed by atoms with E-state index in [-0.39, 0.29) is 0 Å². The summed E-state index contributed by atoms with van der Waals surface area (Å²) in [5, 5.41) is 24.1. The van der Waals surface area contributed by atoms with Crippen LogP contribution >= 0.6 is 15.9 Å². The molecule has 15 heavy (non-hydrogen) atoms. The van der Waals surface area contributed by atoms with Crippen LogP contribution in [0.1, 0.15) is 0 Å². The minimum atomic E-state index is -2.17. The molecule has 0 radical (unpaired) electrons. The molecule has 0 saturated carbocycles. The molecule has 0 aliphatic carbocycles. The first-order valence-electron chi connectivity index (χ1n) is 4.28. The second kappa shape index (κ2) is 5.87. The molecular weight excluding hydrogens is 259 g/mol. The number of halogens is 1. The summed E-state index contributed by atoms with van der Waals surface area (Å²) in [5.41, 5.74) is 0. The molecule has 2 aromatic rings. The van der Waals surface area contributed by atoms with Gasteiger partial charge < -0.3 is 15.1 Å².